The summed E-state index contributed by atoms with van der Waals surface area (Å²) in [6.45, 7) is 4.88. The first-order chi connectivity index (χ1) is 15.8. The van der Waals surface area contributed by atoms with E-state index in [4.69, 9.17) is 9.47 Å². The van der Waals surface area contributed by atoms with Crippen LogP contribution in [0.25, 0.3) is 0 Å². The average Bonchev–Trinajstić information content (AvgIpc) is 2.79. The van der Waals surface area contributed by atoms with Gasteiger partial charge in [0.05, 0.1) is 18.6 Å². The monoisotopic (exact) mass is 470 g/mol. The van der Waals surface area contributed by atoms with Gasteiger partial charge in [-0.2, -0.15) is 0 Å². The molecule has 10 heteroatoms. The number of hydrogen-bond donors (Lipinski definition) is 2. The molecule has 1 amide bonds. The summed E-state index contributed by atoms with van der Waals surface area (Å²) < 4.78 is 38.2. The molecule has 174 valence electrons. The lowest BCUT2D eigenvalue weighted by Crippen LogP contribution is -2.15. The van der Waals surface area contributed by atoms with Crippen LogP contribution in [0.5, 0.6) is 11.6 Å². The van der Waals surface area contributed by atoms with Crippen molar-refractivity contribution in [1.82, 2.24) is 9.97 Å². The SMILES string of the molecule is COc1cc(NS(=O)(=O)c2ccc(NC(=O)c3ccc(OCCC(C)C)cc3)cc2)ncn1. The predicted octanol–water partition coefficient (Wildman–Crippen LogP) is 3.96. The Bertz CT molecular complexity index is 1180. The topological polar surface area (TPSA) is 120 Å². The summed E-state index contributed by atoms with van der Waals surface area (Å²) in [7, 11) is -2.46. The molecule has 1 aromatic heterocycles. The number of nitrogens with zero attached hydrogens (tertiary/aromatic N) is 2. The Balaban J connectivity index is 1.61. The van der Waals surface area contributed by atoms with Crippen molar-refractivity contribution < 1.29 is 22.7 Å². The molecule has 1 heterocycles. The number of anilines is 2. The van der Waals surface area contributed by atoms with E-state index in [9.17, 15) is 13.2 Å². The van der Waals surface area contributed by atoms with Crippen molar-refractivity contribution in [3.8, 4) is 11.6 Å². The van der Waals surface area contributed by atoms with Gasteiger partial charge in [0.25, 0.3) is 15.9 Å². The summed E-state index contributed by atoms with van der Waals surface area (Å²) >= 11 is 0. The van der Waals surface area contributed by atoms with Crippen LogP contribution >= 0.6 is 0 Å². The third-order valence-corrected chi connectivity index (χ3v) is 5.96. The molecule has 3 aromatic rings. The maximum Gasteiger partial charge on any atom is 0.263 e. The molecule has 33 heavy (non-hydrogen) atoms. The highest BCUT2D eigenvalue weighted by Crippen LogP contribution is 2.20. The summed E-state index contributed by atoms with van der Waals surface area (Å²) in [6, 6.07) is 14.0. The molecule has 9 nitrogen and oxygen atoms in total. The van der Waals surface area contributed by atoms with Gasteiger partial charge >= 0.3 is 0 Å². The van der Waals surface area contributed by atoms with Crippen molar-refractivity contribution in [2.75, 3.05) is 23.8 Å². The molecular weight excluding hydrogens is 444 g/mol. The van der Waals surface area contributed by atoms with Gasteiger partial charge in [-0.1, -0.05) is 13.8 Å². The Morgan fingerprint density at radius 1 is 1.03 bits per heavy atom. The summed E-state index contributed by atoms with van der Waals surface area (Å²) in [5.41, 5.74) is 0.919. The van der Waals surface area contributed by atoms with Crippen molar-refractivity contribution in [2.24, 2.45) is 5.92 Å². The summed E-state index contributed by atoms with van der Waals surface area (Å²) in [6.07, 6.45) is 2.15. The van der Waals surface area contributed by atoms with E-state index in [1.165, 1.54) is 43.8 Å². The molecule has 0 saturated carbocycles. The lowest BCUT2D eigenvalue weighted by Gasteiger charge is -2.10. The van der Waals surface area contributed by atoms with Crippen LogP contribution in [0.3, 0.4) is 0 Å². The van der Waals surface area contributed by atoms with Crippen LogP contribution in [-0.4, -0.2) is 38.0 Å². The summed E-state index contributed by atoms with van der Waals surface area (Å²) in [4.78, 5) is 20.2. The zero-order valence-corrected chi connectivity index (χ0v) is 19.4. The van der Waals surface area contributed by atoms with Gasteiger partial charge in [-0.05, 0) is 60.9 Å². The zero-order valence-electron chi connectivity index (χ0n) is 18.6. The molecule has 0 saturated heterocycles. The first kappa shape index (κ1) is 24.0. The molecule has 2 aromatic carbocycles. The number of carbonyl (C=O) groups is 1. The second-order valence-corrected chi connectivity index (χ2v) is 9.27. The number of hydrogen-bond acceptors (Lipinski definition) is 7. The predicted molar refractivity (Wildman–Crippen MR) is 125 cm³/mol. The number of sulfonamides is 1. The second-order valence-electron chi connectivity index (χ2n) is 7.58. The third-order valence-electron chi connectivity index (χ3n) is 4.59. The lowest BCUT2D eigenvalue weighted by atomic mass is 10.1. The maximum atomic E-state index is 12.6. The average molecular weight is 471 g/mol. The number of carbonyl (C=O) groups excluding carboxylic acids is 1. The van der Waals surface area contributed by atoms with Gasteiger partial charge in [0.1, 0.15) is 17.9 Å². The Kier molecular flexibility index (Phi) is 7.83. The second kappa shape index (κ2) is 10.8. The highest BCUT2D eigenvalue weighted by Gasteiger charge is 2.16. The van der Waals surface area contributed by atoms with Gasteiger partial charge in [-0.3, -0.25) is 9.52 Å². The molecule has 3 rings (SSSR count). The Hall–Kier alpha value is -3.66. The minimum Gasteiger partial charge on any atom is -0.494 e. The molecule has 0 aliphatic rings. The van der Waals surface area contributed by atoms with Crippen LogP contribution in [0, 0.1) is 5.92 Å². The van der Waals surface area contributed by atoms with Crippen LogP contribution in [-0.2, 0) is 10.0 Å². The first-order valence-electron chi connectivity index (χ1n) is 10.3. The molecule has 0 atom stereocenters. The van der Waals surface area contributed by atoms with Crippen molar-refractivity contribution >= 4 is 27.4 Å². The fourth-order valence-electron chi connectivity index (χ4n) is 2.74. The van der Waals surface area contributed by atoms with Gasteiger partial charge in [0.2, 0.25) is 5.88 Å². The number of benzene rings is 2. The molecule has 0 bridgehead atoms. The van der Waals surface area contributed by atoms with Gasteiger partial charge < -0.3 is 14.8 Å². The smallest absolute Gasteiger partial charge is 0.263 e. The third kappa shape index (κ3) is 6.91. The van der Waals surface area contributed by atoms with Gasteiger partial charge in [0.15, 0.2) is 0 Å². The highest BCUT2D eigenvalue weighted by atomic mass is 32.2. The van der Waals surface area contributed by atoms with E-state index in [1.807, 2.05) is 0 Å². The van der Waals surface area contributed by atoms with Crippen LogP contribution in [0.2, 0.25) is 0 Å². The standard InChI is InChI=1S/C23H26N4O5S/c1-16(2)12-13-32-19-8-4-17(5-9-19)23(28)26-18-6-10-20(11-7-18)33(29,30)27-21-14-22(31-3)25-15-24-21/h4-11,14-16H,12-13H2,1-3H3,(H,26,28)(H,24,25,27). The van der Waals surface area contributed by atoms with Crippen molar-refractivity contribution in [2.45, 2.75) is 25.2 Å². The molecule has 0 radical (unpaired) electrons. The molecule has 0 spiro atoms. The van der Waals surface area contributed by atoms with Crippen LogP contribution in [0.1, 0.15) is 30.6 Å². The van der Waals surface area contributed by atoms with Gasteiger partial charge in [-0.15, -0.1) is 0 Å². The Morgan fingerprint density at radius 2 is 1.73 bits per heavy atom. The van der Waals surface area contributed by atoms with E-state index in [0.717, 1.165) is 6.42 Å². The van der Waals surface area contributed by atoms with E-state index in [2.05, 4.69) is 33.9 Å². The highest BCUT2D eigenvalue weighted by molar-refractivity contribution is 7.92. The van der Waals surface area contributed by atoms with Crippen LogP contribution in [0.15, 0.2) is 65.8 Å². The normalized spacial score (nSPS) is 11.2. The molecule has 0 unspecified atom stereocenters. The van der Waals surface area contributed by atoms with Crippen molar-refractivity contribution in [3.05, 3.63) is 66.5 Å². The summed E-state index contributed by atoms with van der Waals surface area (Å²) in [5.74, 6) is 1.26. The molecule has 0 fully saturated rings. The van der Waals surface area contributed by atoms with Crippen LogP contribution in [0.4, 0.5) is 11.5 Å². The minimum absolute atomic E-state index is 0.0148. The largest absolute Gasteiger partial charge is 0.494 e. The fraction of sp³-hybridized carbons (Fsp3) is 0.261. The molecule has 2 N–H and O–H groups in total. The quantitative estimate of drug-likeness (QED) is 0.460. The number of nitrogens with one attached hydrogen (secondary N) is 2. The minimum atomic E-state index is -3.88. The van der Waals surface area contributed by atoms with Crippen molar-refractivity contribution in [3.63, 3.8) is 0 Å². The maximum absolute atomic E-state index is 12.6. The number of methoxy groups -OCH3 is 1. The van der Waals surface area contributed by atoms with E-state index >= 15 is 0 Å². The summed E-state index contributed by atoms with van der Waals surface area (Å²) in [5, 5.41) is 2.75. The number of amides is 1. The van der Waals surface area contributed by atoms with Gasteiger partial charge in [0, 0.05) is 17.3 Å². The van der Waals surface area contributed by atoms with Crippen molar-refractivity contribution in [1.29, 1.82) is 0 Å². The van der Waals surface area contributed by atoms with E-state index in [0.29, 0.717) is 29.5 Å². The van der Waals surface area contributed by atoms with E-state index < -0.39 is 10.0 Å². The lowest BCUT2D eigenvalue weighted by molar-refractivity contribution is 0.102. The van der Waals surface area contributed by atoms with Crippen LogP contribution < -0.4 is 19.5 Å². The van der Waals surface area contributed by atoms with E-state index in [-0.39, 0.29) is 22.5 Å². The Morgan fingerprint density at radius 3 is 2.36 bits per heavy atom. The molecular formula is C23H26N4O5S. The number of rotatable bonds is 10. The molecule has 0 aliphatic carbocycles. The first-order valence-corrected chi connectivity index (χ1v) is 11.8. The fourth-order valence-corrected chi connectivity index (χ4v) is 3.74. The van der Waals surface area contributed by atoms with E-state index in [1.54, 1.807) is 24.3 Å². The zero-order chi connectivity index (χ0) is 23.8. The number of ether oxygens (including phenoxy) is 2. The number of aromatic nitrogens is 2. The Labute approximate surface area is 193 Å². The molecule has 0 aliphatic heterocycles. The van der Waals surface area contributed by atoms with Gasteiger partial charge in [-0.25, -0.2) is 18.4 Å².